The average Bonchev–Trinajstić information content (AvgIpc) is 2.72. The largest absolute Gasteiger partial charge is 0.384 e. The lowest BCUT2D eigenvalue weighted by Gasteiger charge is -2.33. The van der Waals surface area contributed by atoms with Gasteiger partial charge in [0.2, 0.25) is 0 Å². The zero-order valence-electron chi connectivity index (χ0n) is 10.4. The van der Waals surface area contributed by atoms with Crippen LogP contribution in [-0.4, -0.2) is 37.1 Å². The van der Waals surface area contributed by atoms with E-state index in [1.165, 1.54) is 11.5 Å². The number of nitrogens with two attached hydrogens (primary N) is 2. The number of hydrogen-bond donors (Lipinski definition) is 2. The van der Waals surface area contributed by atoms with Crippen LogP contribution in [0.15, 0.2) is 0 Å². The molecule has 100 valence electrons. The maximum Gasteiger partial charge on any atom is 0.255 e. The standard InChI is InChI=1S/C11H18N4O2S/c1-17-6-7-3-2-4-15(5-7)11-8(10(13)16)9(12)14-18-11/h7H,2-6H2,1H3,(H2,12,14)(H2,13,16). The predicted octanol–water partition coefficient (Wildman–Crippen LogP) is 0.687. The number of rotatable bonds is 4. The zero-order valence-corrected chi connectivity index (χ0v) is 11.2. The van der Waals surface area contributed by atoms with E-state index in [1.807, 2.05) is 0 Å². The van der Waals surface area contributed by atoms with E-state index in [-0.39, 0.29) is 5.82 Å². The summed E-state index contributed by atoms with van der Waals surface area (Å²) in [7, 11) is 1.71. The summed E-state index contributed by atoms with van der Waals surface area (Å²) >= 11 is 1.24. The second kappa shape index (κ2) is 5.53. The van der Waals surface area contributed by atoms with Crippen LogP contribution in [0.25, 0.3) is 0 Å². The highest BCUT2D eigenvalue weighted by molar-refractivity contribution is 7.11. The Labute approximate surface area is 110 Å². The van der Waals surface area contributed by atoms with Crippen LogP contribution in [0.4, 0.5) is 10.8 Å². The van der Waals surface area contributed by atoms with E-state index in [0.717, 1.165) is 37.5 Å². The van der Waals surface area contributed by atoms with Gasteiger partial charge in [0.1, 0.15) is 10.6 Å². The second-order valence-corrected chi connectivity index (χ2v) is 5.27. The van der Waals surface area contributed by atoms with Crippen molar-refractivity contribution in [2.45, 2.75) is 12.8 Å². The molecule has 18 heavy (non-hydrogen) atoms. The fourth-order valence-corrected chi connectivity index (χ4v) is 3.22. The van der Waals surface area contributed by atoms with Gasteiger partial charge in [-0.2, -0.15) is 4.37 Å². The summed E-state index contributed by atoms with van der Waals surface area (Å²) in [4.78, 5) is 13.6. The van der Waals surface area contributed by atoms with Crippen LogP contribution in [0.1, 0.15) is 23.2 Å². The maximum absolute atomic E-state index is 11.4. The maximum atomic E-state index is 11.4. The minimum absolute atomic E-state index is 0.233. The van der Waals surface area contributed by atoms with Gasteiger partial charge in [-0.25, -0.2) is 0 Å². The van der Waals surface area contributed by atoms with Crippen molar-refractivity contribution in [1.82, 2.24) is 4.37 Å². The number of anilines is 2. The number of nitrogens with zero attached hydrogens (tertiary/aromatic N) is 2. The zero-order chi connectivity index (χ0) is 13.1. The molecule has 0 saturated carbocycles. The van der Waals surface area contributed by atoms with Crippen molar-refractivity contribution in [1.29, 1.82) is 0 Å². The van der Waals surface area contributed by atoms with E-state index in [0.29, 0.717) is 11.5 Å². The topological polar surface area (TPSA) is 94.5 Å². The number of amides is 1. The van der Waals surface area contributed by atoms with Gasteiger partial charge in [-0.05, 0) is 30.3 Å². The van der Waals surface area contributed by atoms with E-state index >= 15 is 0 Å². The van der Waals surface area contributed by atoms with E-state index in [1.54, 1.807) is 7.11 Å². The molecule has 1 aliphatic rings. The summed E-state index contributed by atoms with van der Waals surface area (Å²) in [5.41, 5.74) is 11.4. The first-order valence-electron chi connectivity index (χ1n) is 5.92. The summed E-state index contributed by atoms with van der Waals surface area (Å²) in [5.74, 6) is 0.203. The first-order valence-corrected chi connectivity index (χ1v) is 6.69. The highest BCUT2D eigenvalue weighted by atomic mass is 32.1. The molecule has 1 atom stereocenters. The lowest BCUT2D eigenvalue weighted by molar-refractivity contribution is 0.100. The Bertz CT molecular complexity index is 433. The van der Waals surface area contributed by atoms with Crippen LogP contribution < -0.4 is 16.4 Å². The van der Waals surface area contributed by atoms with Crippen LogP contribution in [0.2, 0.25) is 0 Å². The Hall–Kier alpha value is -1.34. The Kier molecular flexibility index (Phi) is 4.03. The molecule has 2 heterocycles. The first-order chi connectivity index (χ1) is 8.63. The number of ether oxygens (including phenoxy) is 1. The highest BCUT2D eigenvalue weighted by Crippen LogP contribution is 2.33. The number of hydrogen-bond acceptors (Lipinski definition) is 6. The monoisotopic (exact) mass is 270 g/mol. The number of carbonyl (C=O) groups excluding carboxylic acids is 1. The van der Waals surface area contributed by atoms with Gasteiger partial charge in [0.05, 0.1) is 6.61 Å². The molecule has 0 radical (unpaired) electrons. The Balaban J connectivity index is 2.18. The summed E-state index contributed by atoms with van der Waals surface area (Å²) in [5, 5.41) is 0.792. The first kappa shape index (κ1) is 13.1. The molecular formula is C11H18N4O2S. The molecule has 1 saturated heterocycles. The number of carbonyl (C=O) groups is 1. The lowest BCUT2D eigenvalue weighted by Crippen LogP contribution is -2.37. The number of nitrogen functional groups attached to an aromatic ring is 1. The van der Waals surface area contributed by atoms with Crippen molar-refractivity contribution in [3.63, 3.8) is 0 Å². The number of piperidine rings is 1. The summed E-state index contributed by atoms with van der Waals surface area (Å²) in [6.07, 6.45) is 2.22. The summed E-state index contributed by atoms with van der Waals surface area (Å²) < 4.78 is 9.22. The predicted molar refractivity (Wildman–Crippen MR) is 71.9 cm³/mol. The molecule has 1 fully saturated rings. The molecule has 7 heteroatoms. The van der Waals surface area contributed by atoms with Gasteiger partial charge in [-0.3, -0.25) is 4.79 Å². The third-order valence-corrected chi connectivity index (χ3v) is 4.08. The summed E-state index contributed by atoms with van der Waals surface area (Å²) in [6, 6.07) is 0. The van der Waals surface area contributed by atoms with E-state index in [2.05, 4.69) is 9.27 Å². The van der Waals surface area contributed by atoms with Gasteiger partial charge in [0, 0.05) is 20.2 Å². The minimum Gasteiger partial charge on any atom is -0.384 e. The average molecular weight is 270 g/mol. The fourth-order valence-electron chi connectivity index (χ4n) is 2.36. The van der Waals surface area contributed by atoms with Gasteiger partial charge in [0.25, 0.3) is 5.91 Å². The second-order valence-electron chi connectivity index (χ2n) is 4.52. The molecule has 6 nitrogen and oxygen atoms in total. The van der Waals surface area contributed by atoms with Crippen molar-refractivity contribution in [2.75, 3.05) is 37.4 Å². The van der Waals surface area contributed by atoms with Gasteiger partial charge in [0.15, 0.2) is 5.82 Å². The van der Waals surface area contributed by atoms with E-state index < -0.39 is 5.91 Å². The number of primary amides is 1. The van der Waals surface area contributed by atoms with Crippen molar-refractivity contribution < 1.29 is 9.53 Å². The van der Waals surface area contributed by atoms with Gasteiger partial charge >= 0.3 is 0 Å². The van der Waals surface area contributed by atoms with Gasteiger partial charge in [-0.1, -0.05) is 0 Å². The SMILES string of the molecule is COCC1CCCN(c2snc(N)c2C(N)=O)C1. The molecule has 1 aromatic heterocycles. The van der Waals surface area contributed by atoms with Crippen LogP contribution >= 0.6 is 11.5 Å². The lowest BCUT2D eigenvalue weighted by atomic mass is 9.99. The number of methoxy groups -OCH3 is 1. The molecule has 0 aromatic carbocycles. The third kappa shape index (κ3) is 2.56. The Morgan fingerprint density at radius 2 is 2.44 bits per heavy atom. The molecular weight excluding hydrogens is 252 g/mol. The number of aromatic nitrogens is 1. The highest BCUT2D eigenvalue weighted by Gasteiger charge is 2.26. The van der Waals surface area contributed by atoms with Crippen LogP contribution in [0.5, 0.6) is 0 Å². The molecule has 4 N–H and O–H groups in total. The van der Waals surface area contributed by atoms with Gasteiger partial charge < -0.3 is 21.1 Å². The molecule has 0 spiro atoms. The van der Waals surface area contributed by atoms with Crippen molar-refractivity contribution >= 4 is 28.3 Å². The van der Waals surface area contributed by atoms with E-state index in [4.69, 9.17) is 16.2 Å². The quantitative estimate of drug-likeness (QED) is 0.839. The molecule has 0 aliphatic carbocycles. The van der Waals surface area contributed by atoms with Crippen LogP contribution in [0.3, 0.4) is 0 Å². The molecule has 1 amide bonds. The molecule has 0 bridgehead atoms. The smallest absolute Gasteiger partial charge is 0.255 e. The Morgan fingerprint density at radius 3 is 3.11 bits per heavy atom. The van der Waals surface area contributed by atoms with Gasteiger partial charge in [-0.15, -0.1) is 0 Å². The summed E-state index contributed by atoms with van der Waals surface area (Å²) in [6.45, 7) is 2.49. The fraction of sp³-hybridized carbons (Fsp3) is 0.636. The molecule has 1 unspecified atom stereocenters. The molecule has 1 aromatic rings. The van der Waals surface area contributed by atoms with E-state index in [9.17, 15) is 4.79 Å². The molecule has 2 rings (SSSR count). The van der Waals surface area contributed by atoms with Crippen molar-refractivity contribution in [3.05, 3.63) is 5.56 Å². The third-order valence-electron chi connectivity index (χ3n) is 3.16. The normalized spacial score (nSPS) is 20.1. The molecule has 1 aliphatic heterocycles. The van der Waals surface area contributed by atoms with Crippen molar-refractivity contribution in [2.24, 2.45) is 11.7 Å². The van der Waals surface area contributed by atoms with Crippen LogP contribution in [-0.2, 0) is 4.74 Å². The van der Waals surface area contributed by atoms with Crippen molar-refractivity contribution in [3.8, 4) is 0 Å². The Morgan fingerprint density at radius 1 is 1.67 bits per heavy atom. The minimum atomic E-state index is -0.509. The van der Waals surface area contributed by atoms with Crippen LogP contribution in [0, 0.1) is 5.92 Å².